The SMILES string of the molecule is COc1ccc(C(OC[C@H]2O[C@@H](n3cc4c5c(ncnc53)N(C(=O)c3ccccc3)CCC4)[C@H](F)[C@@H]2OP(OCCC#N)N(C(C)C)C(C)C)(c2ccccc2)c2ccc(OC)cc2)cc1. The number of nitrogens with zero attached hydrogens (tertiary/aromatic N) is 6. The predicted octanol–water partition coefficient (Wildman–Crippen LogP) is 9.95. The summed E-state index contributed by atoms with van der Waals surface area (Å²) in [6.07, 6.45) is -0.512. The Balaban J connectivity index is 1.23. The first-order valence-electron chi connectivity index (χ1n) is 22.3. The third-order valence-corrected chi connectivity index (χ3v) is 14.2. The monoisotopic (exact) mass is 914 g/mol. The van der Waals surface area contributed by atoms with Crippen molar-refractivity contribution in [2.45, 2.75) is 89.2 Å². The second-order valence-electron chi connectivity index (χ2n) is 16.8. The third kappa shape index (κ3) is 9.29. The second-order valence-corrected chi connectivity index (χ2v) is 18.2. The molecule has 0 spiro atoms. The lowest BCUT2D eigenvalue weighted by Crippen LogP contribution is -2.41. The van der Waals surface area contributed by atoms with Crippen molar-refractivity contribution >= 4 is 31.3 Å². The quantitative estimate of drug-likeness (QED) is 0.0464. The highest BCUT2D eigenvalue weighted by Crippen LogP contribution is 2.52. The van der Waals surface area contributed by atoms with Crippen molar-refractivity contribution < 1.29 is 37.2 Å². The number of nitriles is 1. The molecule has 344 valence electrons. The van der Waals surface area contributed by atoms with Gasteiger partial charge < -0.3 is 32.6 Å². The summed E-state index contributed by atoms with van der Waals surface area (Å²) < 4.78 is 60.5. The first-order valence-corrected chi connectivity index (χ1v) is 23.5. The predicted molar refractivity (Wildman–Crippen MR) is 251 cm³/mol. The van der Waals surface area contributed by atoms with Gasteiger partial charge in [-0.25, -0.2) is 19.0 Å². The molecule has 0 N–H and O–H groups in total. The zero-order chi connectivity index (χ0) is 46.4. The van der Waals surface area contributed by atoms with Crippen molar-refractivity contribution in [1.29, 1.82) is 5.26 Å². The maximum atomic E-state index is 18.0. The zero-order valence-electron chi connectivity index (χ0n) is 38.1. The van der Waals surface area contributed by atoms with Crippen LogP contribution in [0.1, 0.15) is 79.4 Å². The van der Waals surface area contributed by atoms with Crippen LogP contribution >= 0.6 is 8.53 Å². The van der Waals surface area contributed by atoms with E-state index in [2.05, 4.69) is 15.7 Å². The van der Waals surface area contributed by atoms with E-state index in [0.717, 1.165) is 22.3 Å². The zero-order valence-corrected chi connectivity index (χ0v) is 39.0. The molecule has 0 radical (unpaired) electrons. The van der Waals surface area contributed by atoms with E-state index in [0.29, 0.717) is 53.3 Å². The molecule has 5 atom stereocenters. The van der Waals surface area contributed by atoms with E-state index in [1.807, 2.05) is 131 Å². The molecule has 6 aromatic rings. The number of alkyl halides is 1. The number of halogens is 1. The van der Waals surface area contributed by atoms with Gasteiger partial charge in [-0.3, -0.25) is 9.69 Å². The number of carbonyl (C=O) groups is 1. The fourth-order valence-corrected chi connectivity index (χ4v) is 10.8. The van der Waals surface area contributed by atoms with E-state index >= 15 is 4.39 Å². The van der Waals surface area contributed by atoms with Crippen LogP contribution in [-0.4, -0.2) is 89.6 Å². The van der Waals surface area contributed by atoms with Gasteiger partial charge in [-0.2, -0.15) is 5.26 Å². The van der Waals surface area contributed by atoms with Gasteiger partial charge in [0.25, 0.3) is 14.4 Å². The summed E-state index contributed by atoms with van der Waals surface area (Å²) in [5, 5.41) is 10.2. The smallest absolute Gasteiger partial charge is 0.259 e. The van der Waals surface area contributed by atoms with E-state index < -0.39 is 38.7 Å². The number of aryl methyl sites for hydroxylation is 1. The summed E-state index contributed by atoms with van der Waals surface area (Å²) in [4.78, 5) is 25.0. The Hall–Kier alpha value is -5.78. The van der Waals surface area contributed by atoms with E-state index in [1.165, 1.54) is 6.33 Å². The molecule has 1 fully saturated rings. The molecule has 66 heavy (non-hydrogen) atoms. The number of anilines is 1. The van der Waals surface area contributed by atoms with Crippen molar-refractivity contribution in [2.24, 2.45) is 0 Å². The Labute approximate surface area is 387 Å². The van der Waals surface area contributed by atoms with Crippen LogP contribution in [-0.2, 0) is 30.5 Å². The van der Waals surface area contributed by atoms with Gasteiger partial charge in [0.15, 0.2) is 12.4 Å². The Morgan fingerprint density at radius 1 is 0.894 bits per heavy atom. The molecular formula is C51H56FN6O7P. The summed E-state index contributed by atoms with van der Waals surface area (Å²) in [5.41, 5.74) is 3.03. The minimum Gasteiger partial charge on any atom is -0.497 e. The molecule has 2 aliphatic rings. The van der Waals surface area contributed by atoms with Crippen molar-refractivity contribution in [2.75, 3.05) is 38.9 Å². The van der Waals surface area contributed by atoms with E-state index in [1.54, 1.807) is 35.8 Å². The number of carbonyl (C=O) groups excluding carboxylic acids is 1. The average Bonchev–Trinajstić information content (AvgIpc) is 3.79. The lowest BCUT2D eigenvalue weighted by Gasteiger charge is -2.39. The van der Waals surface area contributed by atoms with Crippen LogP contribution in [0.3, 0.4) is 0 Å². The number of methoxy groups -OCH3 is 2. The molecule has 1 unspecified atom stereocenters. The van der Waals surface area contributed by atoms with Gasteiger partial charge in [-0.1, -0.05) is 72.8 Å². The van der Waals surface area contributed by atoms with Crippen LogP contribution in [0, 0.1) is 11.3 Å². The minimum atomic E-state index is -1.92. The molecule has 0 aliphatic carbocycles. The Morgan fingerprint density at radius 3 is 2.09 bits per heavy atom. The normalized spacial score (nSPS) is 19.0. The number of rotatable bonds is 18. The van der Waals surface area contributed by atoms with Crippen LogP contribution in [0.25, 0.3) is 11.0 Å². The van der Waals surface area contributed by atoms with E-state index in [-0.39, 0.29) is 37.6 Å². The molecule has 0 bridgehead atoms. The molecule has 4 aromatic carbocycles. The molecule has 0 saturated carbocycles. The van der Waals surface area contributed by atoms with Gasteiger partial charge in [0.2, 0.25) is 0 Å². The van der Waals surface area contributed by atoms with Crippen LogP contribution in [0.15, 0.2) is 122 Å². The minimum absolute atomic E-state index is 0.0434. The maximum Gasteiger partial charge on any atom is 0.259 e. The highest BCUT2D eigenvalue weighted by molar-refractivity contribution is 7.44. The number of hydrogen-bond donors (Lipinski definition) is 0. The Kier molecular flexibility index (Phi) is 14.7. The van der Waals surface area contributed by atoms with Gasteiger partial charge in [-0.15, -0.1) is 0 Å². The van der Waals surface area contributed by atoms with Gasteiger partial charge in [0, 0.05) is 30.4 Å². The third-order valence-electron chi connectivity index (χ3n) is 12.1. The Morgan fingerprint density at radius 2 is 1.50 bits per heavy atom. The van der Waals surface area contributed by atoms with Crippen LogP contribution in [0.4, 0.5) is 10.2 Å². The first-order chi connectivity index (χ1) is 32.1. The van der Waals surface area contributed by atoms with Crippen molar-refractivity contribution in [1.82, 2.24) is 19.2 Å². The highest BCUT2D eigenvalue weighted by Gasteiger charge is 2.51. The molecule has 1 saturated heterocycles. The van der Waals surface area contributed by atoms with Crippen LogP contribution < -0.4 is 14.4 Å². The van der Waals surface area contributed by atoms with Crippen molar-refractivity contribution in [3.8, 4) is 17.6 Å². The maximum absolute atomic E-state index is 18.0. The lowest BCUT2D eigenvalue weighted by atomic mass is 9.80. The molecule has 1 amide bonds. The first kappa shape index (κ1) is 46.7. The summed E-state index contributed by atoms with van der Waals surface area (Å²) in [6, 6.07) is 36.5. The van der Waals surface area contributed by atoms with Gasteiger partial charge in [-0.05, 0) is 99.2 Å². The molecular weight excluding hydrogens is 859 g/mol. The largest absolute Gasteiger partial charge is 0.497 e. The van der Waals surface area contributed by atoms with Crippen LogP contribution in [0.5, 0.6) is 11.5 Å². The number of hydrogen-bond acceptors (Lipinski definition) is 11. The number of ether oxygens (including phenoxy) is 4. The van der Waals surface area contributed by atoms with E-state index in [4.69, 9.17) is 33.0 Å². The van der Waals surface area contributed by atoms with Crippen LogP contribution in [0.2, 0.25) is 0 Å². The Bertz CT molecular complexity index is 2540. The highest BCUT2D eigenvalue weighted by atomic mass is 31.2. The molecule has 15 heteroatoms. The fraction of sp³-hybridized carbons (Fsp3) is 0.373. The molecule has 4 heterocycles. The van der Waals surface area contributed by atoms with Crippen molar-refractivity contribution in [3.05, 3.63) is 150 Å². The lowest BCUT2D eigenvalue weighted by molar-refractivity contribution is -0.0918. The second kappa shape index (κ2) is 20.8. The molecule has 2 aromatic heterocycles. The van der Waals surface area contributed by atoms with Gasteiger partial charge in [0.05, 0.1) is 45.3 Å². The molecule has 13 nitrogen and oxygen atoms in total. The summed E-state index contributed by atoms with van der Waals surface area (Å²) in [6.45, 7) is 8.56. The van der Waals surface area contributed by atoms with E-state index in [9.17, 15) is 10.1 Å². The summed E-state index contributed by atoms with van der Waals surface area (Å²) >= 11 is 0. The van der Waals surface area contributed by atoms with Crippen molar-refractivity contribution in [3.63, 3.8) is 0 Å². The summed E-state index contributed by atoms with van der Waals surface area (Å²) in [7, 11) is 1.33. The number of amides is 1. The fourth-order valence-electron chi connectivity index (χ4n) is 9.06. The van der Waals surface area contributed by atoms with Gasteiger partial charge in [0.1, 0.15) is 47.1 Å². The molecule has 8 rings (SSSR count). The standard InChI is InChI=1S/C51H56FN6O7P/c1-34(2)58(35(3)4)66(63-30-14-28-53)65-46-43(32-62-51(38-18-11-8-12-19-38,39-20-24-41(60-5)25-21-39)40-22-26-42(61-6)27-23-40)64-50(45(46)52)57-31-37-17-13-29-56(47-44(37)48(57)55-33-54-47)49(59)36-15-9-7-10-16-36/h7-12,15-16,18-27,31,33-35,43,45-46,50H,13-14,17,29-30,32H2,1-6H3/t43-,45-,46-,50-,66?/m1/s1. The van der Waals surface area contributed by atoms with Gasteiger partial charge >= 0.3 is 0 Å². The molecule has 2 aliphatic heterocycles. The summed E-state index contributed by atoms with van der Waals surface area (Å²) in [5.74, 6) is 1.64. The average molecular weight is 915 g/mol. The topological polar surface area (TPSA) is 133 Å². The number of aromatic nitrogens is 3. The number of benzene rings is 4.